The number of carbonyl (C=O) groups is 1. The molecule has 1 aromatic heterocycles. The molecular formula is C15H20N4O3. The number of aromatic amines is 1. The molecule has 0 aliphatic rings. The molecule has 4 N–H and O–H groups in total. The fraction of sp³-hybridized carbons (Fsp3) is 0.400. The van der Waals surface area contributed by atoms with Gasteiger partial charge in [0.2, 0.25) is 5.91 Å². The highest BCUT2D eigenvalue weighted by molar-refractivity contribution is 5.78. The number of hydrogen-bond acceptors (Lipinski definition) is 4. The molecule has 118 valence electrons. The van der Waals surface area contributed by atoms with E-state index in [1.165, 1.54) is 4.57 Å². The standard InChI is InChI=1S/C15H20N4O3/c1-15(2,16)9-17-12(20)7-8-19-11-6-4-3-5-10(11)13(21)18-14(19)22/h3-6H,7-9,16H2,1-2H3,(H,17,20)(H,18,21,22). The number of nitrogens with zero attached hydrogens (tertiary/aromatic N) is 1. The van der Waals surface area contributed by atoms with E-state index in [-0.39, 0.29) is 18.9 Å². The molecule has 0 unspecified atom stereocenters. The van der Waals surface area contributed by atoms with Crippen LogP contribution in [-0.4, -0.2) is 27.5 Å². The summed E-state index contributed by atoms with van der Waals surface area (Å²) in [5.74, 6) is -0.194. The van der Waals surface area contributed by atoms with Gasteiger partial charge in [-0.15, -0.1) is 0 Å². The maximum absolute atomic E-state index is 11.9. The van der Waals surface area contributed by atoms with E-state index in [1.807, 2.05) is 13.8 Å². The van der Waals surface area contributed by atoms with Crippen LogP contribution in [0.5, 0.6) is 0 Å². The van der Waals surface area contributed by atoms with Gasteiger partial charge in [0.1, 0.15) is 0 Å². The van der Waals surface area contributed by atoms with E-state index in [0.717, 1.165) is 0 Å². The van der Waals surface area contributed by atoms with Gasteiger partial charge in [-0.2, -0.15) is 0 Å². The number of nitrogens with one attached hydrogen (secondary N) is 2. The third-order valence-corrected chi connectivity index (χ3v) is 3.21. The van der Waals surface area contributed by atoms with E-state index in [9.17, 15) is 14.4 Å². The Labute approximate surface area is 127 Å². The van der Waals surface area contributed by atoms with E-state index >= 15 is 0 Å². The van der Waals surface area contributed by atoms with Crippen LogP contribution in [0, 0.1) is 0 Å². The highest BCUT2D eigenvalue weighted by Gasteiger charge is 2.13. The molecule has 2 rings (SSSR count). The lowest BCUT2D eigenvalue weighted by molar-refractivity contribution is -0.121. The van der Waals surface area contributed by atoms with Crippen molar-refractivity contribution in [2.45, 2.75) is 32.4 Å². The van der Waals surface area contributed by atoms with Gasteiger partial charge in [0.15, 0.2) is 0 Å². The van der Waals surface area contributed by atoms with Gasteiger partial charge < -0.3 is 11.1 Å². The second-order valence-electron chi connectivity index (χ2n) is 5.94. The molecule has 7 heteroatoms. The smallest absolute Gasteiger partial charge is 0.328 e. The number of para-hydroxylation sites is 1. The number of aryl methyl sites for hydroxylation is 1. The van der Waals surface area contributed by atoms with E-state index in [4.69, 9.17) is 5.73 Å². The van der Waals surface area contributed by atoms with E-state index in [1.54, 1.807) is 24.3 Å². The SMILES string of the molecule is CC(C)(N)CNC(=O)CCn1c(=O)[nH]c(=O)c2ccccc21. The summed E-state index contributed by atoms with van der Waals surface area (Å²) in [5, 5.41) is 3.14. The van der Waals surface area contributed by atoms with Crippen molar-refractivity contribution >= 4 is 16.8 Å². The van der Waals surface area contributed by atoms with Gasteiger partial charge in [-0.1, -0.05) is 12.1 Å². The molecule has 2 aromatic rings. The first kappa shape index (κ1) is 16.0. The number of hydrogen-bond donors (Lipinski definition) is 3. The Morgan fingerprint density at radius 2 is 2.00 bits per heavy atom. The Bertz CT molecular complexity index is 799. The predicted molar refractivity (Wildman–Crippen MR) is 84.7 cm³/mol. The third kappa shape index (κ3) is 3.82. The summed E-state index contributed by atoms with van der Waals surface area (Å²) in [6.45, 7) is 4.17. The molecule has 0 fully saturated rings. The van der Waals surface area contributed by atoms with Crippen molar-refractivity contribution in [1.82, 2.24) is 14.9 Å². The van der Waals surface area contributed by atoms with Crippen LogP contribution in [0.15, 0.2) is 33.9 Å². The molecule has 1 amide bonds. The second-order valence-corrected chi connectivity index (χ2v) is 5.94. The van der Waals surface area contributed by atoms with Gasteiger partial charge in [0.05, 0.1) is 10.9 Å². The van der Waals surface area contributed by atoms with Crippen LogP contribution in [0.3, 0.4) is 0 Å². The van der Waals surface area contributed by atoms with E-state index in [0.29, 0.717) is 17.4 Å². The number of carbonyl (C=O) groups excluding carboxylic acids is 1. The molecule has 1 aromatic carbocycles. The number of amides is 1. The normalized spacial score (nSPS) is 11.6. The Morgan fingerprint density at radius 1 is 1.32 bits per heavy atom. The lowest BCUT2D eigenvalue weighted by Crippen LogP contribution is -2.45. The lowest BCUT2D eigenvalue weighted by atomic mass is 10.1. The van der Waals surface area contributed by atoms with Gasteiger partial charge in [-0.25, -0.2) is 4.79 Å². The monoisotopic (exact) mass is 304 g/mol. The Balaban J connectivity index is 2.17. The van der Waals surface area contributed by atoms with Crippen LogP contribution in [-0.2, 0) is 11.3 Å². The maximum atomic E-state index is 11.9. The van der Waals surface area contributed by atoms with Crippen LogP contribution in [0.1, 0.15) is 20.3 Å². The van der Waals surface area contributed by atoms with E-state index < -0.39 is 16.8 Å². The quantitative estimate of drug-likeness (QED) is 0.718. The van der Waals surface area contributed by atoms with Crippen LogP contribution >= 0.6 is 0 Å². The minimum absolute atomic E-state index is 0.131. The van der Waals surface area contributed by atoms with Gasteiger partial charge in [-0.05, 0) is 26.0 Å². The topological polar surface area (TPSA) is 110 Å². The van der Waals surface area contributed by atoms with Crippen molar-refractivity contribution in [3.8, 4) is 0 Å². The predicted octanol–water partition coefficient (Wildman–Crippen LogP) is -0.0666. The summed E-state index contributed by atoms with van der Waals surface area (Å²) in [6.07, 6.45) is 0.131. The first-order valence-electron chi connectivity index (χ1n) is 7.05. The summed E-state index contributed by atoms with van der Waals surface area (Å²) in [4.78, 5) is 37.8. The molecular weight excluding hydrogens is 284 g/mol. The molecule has 0 aliphatic carbocycles. The van der Waals surface area contributed by atoms with Crippen molar-refractivity contribution in [3.63, 3.8) is 0 Å². The number of nitrogens with two attached hydrogens (primary N) is 1. The van der Waals surface area contributed by atoms with Crippen molar-refractivity contribution in [2.24, 2.45) is 5.73 Å². The van der Waals surface area contributed by atoms with Crippen LogP contribution < -0.4 is 22.3 Å². The molecule has 1 heterocycles. The van der Waals surface area contributed by atoms with Crippen molar-refractivity contribution in [1.29, 1.82) is 0 Å². The zero-order valence-corrected chi connectivity index (χ0v) is 12.7. The summed E-state index contributed by atoms with van der Waals surface area (Å²) >= 11 is 0. The highest BCUT2D eigenvalue weighted by atomic mass is 16.2. The van der Waals surface area contributed by atoms with Crippen LogP contribution in [0.25, 0.3) is 10.9 Å². The largest absolute Gasteiger partial charge is 0.354 e. The fourth-order valence-corrected chi connectivity index (χ4v) is 2.09. The van der Waals surface area contributed by atoms with Crippen molar-refractivity contribution < 1.29 is 4.79 Å². The first-order chi connectivity index (χ1) is 10.3. The second kappa shape index (κ2) is 6.15. The zero-order chi connectivity index (χ0) is 16.3. The molecule has 0 aliphatic heterocycles. The number of fused-ring (bicyclic) bond motifs is 1. The number of rotatable bonds is 5. The maximum Gasteiger partial charge on any atom is 0.328 e. The average Bonchev–Trinajstić information content (AvgIpc) is 2.44. The molecule has 7 nitrogen and oxygen atoms in total. The summed E-state index contributed by atoms with van der Waals surface area (Å²) in [6, 6.07) is 6.80. The average molecular weight is 304 g/mol. The molecule has 0 spiro atoms. The van der Waals surface area contributed by atoms with E-state index in [2.05, 4.69) is 10.3 Å². The van der Waals surface area contributed by atoms with Gasteiger partial charge in [0.25, 0.3) is 5.56 Å². The number of benzene rings is 1. The summed E-state index contributed by atoms with van der Waals surface area (Å²) < 4.78 is 1.39. The summed E-state index contributed by atoms with van der Waals surface area (Å²) in [5.41, 5.74) is 4.88. The third-order valence-electron chi connectivity index (χ3n) is 3.21. The Hall–Kier alpha value is -2.41. The van der Waals surface area contributed by atoms with Gasteiger partial charge in [-0.3, -0.25) is 19.1 Å². The molecule has 0 radical (unpaired) electrons. The Morgan fingerprint density at radius 3 is 2.68 bits per heavy atom. The summed E-state index contributed by atoms with van der Waals surface area (Å²) in [7, 11) is 0. The minimum Gasteiger partial charge on any atom is -0.354 e. The molecule has 0 saturated carbocycles. The zero-order valence-electron chi connectivity index (χ0n) is 12.7. The number of H-pyrrole nitrogens is 1. The minimum atomic E-state index is -0.518. The van der Waals surface area contributed by atoms with Gasteiger partial charge in [0, 0.05) is 25.0 Å². The molecule has 0 atom stereocenters. The van der Waals surface area contributed by atoms with Crippen molar-refractivity contribution in [2.75, 3.05) is 6.54 Å². The van der Waals surface area contributed by atoms with Crippen molar-refractivity contribution in [3.05, 3.63) is 45.1 Å². The molecule has 22 heavy (non-hydrogen) atoms. The highest BCUT2D eigenvalue weighted by Crippen LogP contribution is 2.07. The van der Waals surface area contributed by atoms with Gasteiger partial charge >= 0.3 is 5.69 Å². The Kier molecular flexibility index (Phi) is 4.46. The number of aromatic nitrogens is 2. The van der Waals surface area contributed by atoms with Crippen LogP contribution in [0.2, 0.25) is 0 Å². The van der Waals surface area contributed by atoms with Crippen LogP contribution in [0.4, 0.5) is 0 Å². The first-order valence-corrected chi connectivity index (χ1v) is 7.05. The fourth-order valence-electron chi connectivity index (χ4n) is 2.09. The lowest BCUT2D eigenvalue weighted by Gasteiger charge is -2.19. The molecule has 0 bridgehead atoms. The molecule has 0 saturated heterocycles.